The molecule has 0 amide bonds. The second-order valence-electron chi connectivity index (χ2n) is 4.27. The molecular weight excluding hydrogens is 321 g/mol. The minimum Gasteiger partial charge on any atom is -0.496 e. The second kappa shape index (κ2) is 6.96. The molecule has 6 heteroatoms. The van der Waals surface area contributed by atoms with Gasteiger partial charge in [-0.2, -0.15) is 0 Å². The van der Waals surface area contributed by atoms with E-state index in [4.69, 9.17) is 32.7 Å². The quantitative estimate of drug-likeness (QED) is 0.721. The summed E-state index contributed by atoms with van der Waals surface area (Å²) in [5.74, 6) is -1.50. The summed E-state index contributed by atoms with van der Waals surface area (Å²) in [5, 5.41) is 0.479. The molecule has 0 radical (unpaired) electrons. The standard InChI is InChI=1S/C15H12Cl2F2O2/c1-20-14-3-2-11(17)6-10(14)8-21-15-12(18)4-9(7-16)5-13(15)19/h2-6H,7-8H2,1H3. The van der Waals surface area contributed by atoms with Crippen LogP contribution >= 0.6 is 23.2 Å². The molecule has 0 aliphatic heterocycles. The number of benzene rings is 2. The summed E-state index contributed by atoms with van der Waals surface area (Å²) in [6, 6.07) is 7.20. The predicted molar refractivity (Wildman–Crippen MR) is 78.3 cm³/mol. The van der Waals surface area contributed by atoms with Crippen molar-refractivity contribution in [3.63, 3.8) is 0 Å². The smallest absolute Gasteiger partial charge is 0.191 e. The molecule has 0 aliphatic carbocycles. The molecule has 0 aliphatic rings. The SMILES string of the molecule is COc1ccc(Cl)cc1COc1c(F)cc(CCl)cc1F. The second-order valence-corrected chi connectivity index (χ2v) is 4.97. The third kappa shape index (κ3) is 3.77. The zero-order chi connectivity index (χ0) is 15.4. The molecular formula is C15H12Cl2F2O2. The average molecular weight is 333 g/mol. The molecule has 2 aromatic carbocycles. The first-order valence-corrected chi connectivity index (χ1v) is 6.95. The third-order valence-corrected chi connectivity index (χ3v) is 3.37. The monoisotopic (exact) mass is 332 g/mol. The van der Waals surface area contributed by atoms with Gasteiger partial charge >= 0.3 is 0 Å². The first kappa shape index (κ1) is 15.9. The van der Waals surface area contributed by atoms with E-state index in [1.165, 1.54) is 7.11 Å². The lowest BCUT2D eigenvalue weighted by atomic mass is 10.2. The van der Waals surface area contributed by atoms with E-state index in [2.05, 4.69) is 0 Å². The zero-order valence-corrected chi connectivity index (χ0v) is 12.6. The number of methoxy groups -OCH3 is 1. The Kier molecular flexibility index (Phi) is 5.26. The maximum atomic E-state index is 13.8. The van der Waals surface area contributed by atoms with Crippen LogP contribution in [0.25, 0.3) is 0 Å². The maximum absolute atomic E-state index is 13.8. The number of hydrogen-bond acceptors (Lipinski definition) is 2. The molecule has 2 aromatic rings. The van der Waals surface area contributed by atoms with Gasteiger partial charge in [-0.05, 0) is 35.9 Å². The highest BCUT2D eigenvalue weighted by molar-refractivity contribution is 6.30. The van der Waals surface area contributed by atoms with Gasteiger partial charge in [-0.1, -0.05) is 11.6 Å². The van der Waals surface area contributed by atoms with Crippen molar-refractivity contribution < 1.29 is 18.3 Å². The fourth-order valence-electron chi connectivity index (χ4n) is 1.84. The fourth-order valence-corrected chi connectivity index (χ4v) is 2.19. The van der Waals surface area contributed by atoms with E-state index in [0.29, 0.717) is 21.9 Å². The van der Waals surface area contributed by atoms with E-state index in [0.717, 1.165) is 12.1 Å². The summed E-state index contributed by atoms with van der Waals surface area (Å²) in [6.07, 6.45) is 0. The van der Waals surface area contributed by atoms with E-state index >= 15 is 0 Å². The molecule has 0 aromatic heterocycles. The third-order valence-electron chi connectivity index (χ3n) is 2.83. The van der Waals surface area contributed by atoms with Crippen LogP contribution in [0.5, 0.6) is 11.5 Å². The van der Waals surface area contributed by atoms with Crippen molar-refractivity contribution in [3.8, 4) is 11.5 Å². The molecule has 2 nitrogen and oxygen atoms in total. The van der Waals surface area contributed by atoms with Gasteiger partial charge in [0, 0.05) is 16.5 Å². The van der Waals surface area contributed by atoms with Gasteiger partial charge in [-0.3, -0.25) is 0 Å². The molecule has 0 fully saturated rings. The largest absolute Gasteiger partial charge is 0.496 e. The number of rotatable bonds is 5. The van der Waals surface area contributed by atoms with Gasteiger partial charge in [-0.15, -0.1) is 11.6 Å². The van der Waals surface area contributed by atoms with Crippen LogP contribution in [0.4, 0.5) is 8.78 Å². The molecule has 2 rings (SSSR count). The van der Waals surface area contributed by atoms with E-state index in [1.54, 1.807) is 18.2 Å². The molecule has 0 N–H and O–H groups in total. The summed E-state index contributed by atoms with van der Waals surface area (Å²) < 4.78 is 37.9. The Labute approximate surface area is 131 Å². The summed E-state index contributed by atoms with van der Waals surface area (Å²) in [4.78, 5) is 0. The van der Waals surface area contributed by atoms with Crippen molar-refractivity contribution in [3.05, 3.63) is 58.1 Å². The molecule has 0 atom stereocenters. The Bertz CT molecular complexity index is 625. The predicted octanol–water partition coefficient (Wildman–Crippen LogP) is 4.94. The van der Waals surface area contributed by atoms with Crippen molar-refractivity contribution in [1.82, 2.24) is 0 Å². The first-order valence-electron chi connectivity index (χ1n) is 6.04. The number of alkyl halides is 1. The minimum absolute atomic E-state index is 0.0240. The molecule has 0 unspecified atom stereocenters. The number of halogens is 4. The first-order chi connectivity index (χ1) is 10.0. The summed E-state index contributed by atoms with van der Waals surface area (Å²) in [5.41, 5.74) is 0.935. The van der Waals surface area contributed by atoms with Crippen LogP contribution in [0, 0.1) is 11.6 Å². The van der Waals surface area contributed by atoms with Crippen molar-refractivity contribution in [2.45, 2.75) is 12.5 Å². The van der Waals surface area contributed by atoms with Gasteiger partial charge in [0.05, 0.1) is 7.11 Å². The van der Waals surface area contributed by atoms with Crippen LogP contribution in [0.15, 0.2) is 30.3 Å². The minimum atomic E-state index is -0.799. The fraction of sp³-hybridized carbons (Fsp3) is 0.200. The van der Waals surface area contributed by atoms with Crippen molar-refractivity contribution in [2.75, 3.05) is 7.11 Å². The van der Waals surface area contributed by atoms with Crippen molar-refractivity contribution >= 4 is 23.2 Å². The van der Waals surface area contributed by atoms with Crippen LogP contribution in [0.3, 0.4) is 0 Å². The van der Waals surface area contributed by atoms with E-state index < -0.39 is 17.4 Å². The van der Waals surface area contributed by atoms with Crippen LogP contribution in [0.1, 0.15) is 11.1 Å². The van der Waals surface area contributed by atoms with Gasteiger partial charge in [-0.25, -0.2) is 8.78 Å². The number of ether oxygens (including phenoxy) is 2. The van der Waals surface area contributed by atoms with Gasteiger partial charge < -0.3 is 9.47 Å². The van der Waals surface area contributed by atoms with Crippen LogP contribution in [-0.2, 0) is 12.5 Å². The molecule has 21 heavy (non-hydrogen) atoms. The van der Waals surface area contributed by atoms with Crippen molar-refractivity contribution in [2.24, 2.45) is 0 Å². The van der Waals surface area contributed by atoms with E-state index in [-0.39, 0.29) is 12.5 Å². The summed E-state index contributed by atoms with van der Waals surface area (Å²) >= 11 is 11.4. The zero-order valence-electron chi connectivity index (χ0n) is 11.1. The van der Waals surface area contributed by atoms with Gasteiger partial charge in [0.25, 0.3) is 0 Å². The molecule has 0 spiro atoms. The molecule has 0 saturated heterocycles. The van der Waals surface area contributed by atoms with Gasteiger partial charge in [0.1, 0.15) is 12.4 Å². The Morgan fingerprint density at radius 3 is 2.33 bits per heavy atom. The Balaban J connectivity index is 2.22. The lowest BCUT2D eigenvalue weighted by Crippen LogP contribution is -2.02. The summed E-state index contributed by atoms with van der Waals surface area (Å²) in [6.45, 7) is -0.0716. The lowest BCUT2D eigenvalue weighted by Gasteiger charge is -2.12. The normalized spacial score (nSPS) is 10.5. The topological polar surface area (TPSA) is 18.5 Å². The Morgan fingerprint density at radius 1 is 1.10 bits per heavy atom. The van der Waals surface area contributed by atoms with Gasteiger partial charge in [0.2, 0.25) is 0 Å². The molecule has 112 valence electrons. The lowest BCUT2D eigenvalue weighted by molar-refractivity contribution is 0.268. The Hall–Kier alpha value is -1.52. The molecule has 0 saturated carbocycles. The summed E-state index contributed by atoms with van der Waals surface area (Å²) in [7, 11) is 1.49. The van der Waals surface area contributed by atoms with Crippen LogP contribution in [-0.4, -0.2) is 7.11 Å². The molecule has 0 heterocycles. The molecule has 0 bridgehead atoms. The number of hydrogen-bond donors (Lipinski definition) is 0. The van der Waals surface area contributed by atoms with Crippen molar-refractivity contribution in [1.29, 1.82) is 0 Å². The van der Waals surface area contributed by atoms with Crippen LogP contribution in [0.2, 0.25) is 5.02 Å². The van der Waals surface area contributed by atoms with Gasteiger partial charge in [0.15, 0.2) is 17.4 Å². The maximum Gasteiger partial charge on any atom is 0.191 e. The van der Waals surface area contributed by atoms with Crippen LogP contribution < -0.4 is 9.47 Å². The van der Waals surface area contributed by atoms with E-state index in [1.807, 2.05) is 0 Å². The highest BCUT2D eigenvalue weighted by atomic mass is 35.5. The average Bonchev–Trinajstić information content (AvgIpc) is 2.46. The van der Waals surface area contributed by atoms with E-state index in [9.17, 15) is 8.78 Å². The highest BCUT2D eigenvalue weighted by Crippen LogP contribution is 2.28. The highest BCUT2D eigenvalue weighted by Gasteiger charge is 2.14. The Morgan fingerprint density at radius 2 is 1.76 bits per heavy atom.